The van der Waals surface area contributed by atoms with Gasteiger partial charge in [-0.05, 0) is 48.9 Å². The summed E-state index contributed by atoms with van der Waals surface area (Å²) in [6.45, 7) is 1.71. The van der Waals surface area contributed by atoms with Gasteiger partial charge in [-0.2, -0.15) is 4.98 Å². The Balaban J connectivity index is 1.59. The maximum atomic E-state index is 12.7. The second kappa shape index (κ2) is 7.54. The van der Waals surface area contributed by atoms with Crippen LogP contribution in [0.5, 0.6) is 0 Å². The Morgan fingerprint density at radius 2 is 2.00 bits per heavy atom. The molecule has 8 nitrogen and oxygen atoms in total. The molecule has 0 aliphatic heterocycles. The normalized spacial score (nSPS) is 11.6. The van der Waals surface area contributed by atoms with Crippen LogP contribution in [0.1, 0.15) is 5.56 Å². The van der Waals surface area contributed by atoms with Crippen LogP contribution < -0.4 is 10.0 Å². The molecule has 0 fully saturated rings. The van der Waals surface area contributed by atoms with Gasteiger partial charge >= 0.3 is 0 Å². The summed E-state index contributed by atoms with van der Waals surface area (Å²) in [5.74, 6) is 0.170. The minimum atomic E-state index is -3.95. The number of hydrogen-bond donors (Lipinski definition) is 4. The molecule has 0 bridgehead atoms. The topological polar surface area (TPSA) is 113 Å². The van der Waals surface area contributed by atoms with Gasteiger partial charge in [0.25, 0.3) is 16.0 Å². The molecule has 0 aliphatic carbocycles. The van der Waals surface area contributed by atoms with Crippen molar-refractivity contribution in [2.45, 2.75) is 16.7 Å². The fourth-order valence-electron chi connectivity index (χ4n) is 2.74. The van der Waals surface area contributed by atoms with Crippen LogP contribution in [0.4, 0.5) is 17.6 Å². The molecule has 2 aromatic carbocycles. The Morgan fingerprint density at radius 1 is 1.17 bits per heavy atom. The van der Waals surface area contributed by atoms with Gasteiger partial charge in [-0.25, -0.2) is 18.2 Å². The van der Waals surface area contributed by atoms with Crippen LogP contribution in [0.3, 0.4) is 0 Å². The third-order valence-corrected chi connectivity index (χ3v) is 6.44. The minimum Gasteiger partial charge on any atom is -0.324 e. The van der Waals surface area contributed by atoms with E-state index in [1.165, 1.54) is 12.1 Å². The molecule has 11 heteroatoms. The molecule has 0 unspecified atom stereocenters. The lowest BCUT2D eigenvalue weighted by Gasteiger charge is -2.09. The number of thiol groups is 1. The van der Waals surface area contributed by atoms with Crippen LogP contribution in [0, 0.1) is 6.92 Å². The zero-order valence-electron chi connectivity index (χ0n) is 15.0. The number of benzene rings is 2. The molecular weight excluding hydrogens is 432 g/mol. The number of aromatic amines is 1. The van der Waals surface area contributed by atoms with E-state index in [1.54, 1.807) is 13.1 Å². The highest BCUT2D eigenvalue weighted by Crippen LogP contribution is 2.28. The fourth-order valence-corrected chi connectivity index (χ4v) is 4.64. The number of aryl methyl sites for hydroxylation is 1. The van der Waals surface area contributed by atoms with Crippen molar-refractivity contribution in [3.05, 3.63) is 59.2 Å². The summed E-state index contributed by atoms with van der Waals surface area (Å²) in [7, 11) is -3.95. The van der Waals surface area contributed by atoms with Crippen molar-refractivity contribution in [1.82, 2.24) is 20.2 Å². The molecule has 0 aliphatic rings. The lowest BCUT2D eigenvalue weighted by atomic mass is 10.2. The summed E-state index contributed by atoms with van der Waals surface area (Å²) in [5.41, 5.74) is 2.19. The predicted molar refractivity (Wildman–Crippen MR) is 116 cm³/mol. The van der Waals surface area contributed by atoms with Crippen molar-refractivity contribution in [3.63, 3.8) is 0 Å². The molecule has 4 rings (SSSR count). The van der Waals surface area contributed by atoms with Crippen molar-refractivity contribution in [1.29, 1.82) is 0 Å². The molecule has 2 heterocycles. The second-order valence-electron chi connectivity index (χ2n) is 6.18. The average Bonchev–Trinajstić information content (AvgIpc) is 3.11. The van der Waals surface area contributed by atoms with E-state index in [0.29, 0.717) is 10.6 Å². The lowest BCUT2D eigenvalue weighted by Crippen LogP contribution is -2.15. The number of fused-ring (bicyclic) bond motifs is 1. The van der Waals surface area contributed by atoms with E-state index in [9.17, 15) is 8.42 Å². The Hall–Kier alpha value is -2.82. The first-order valence-corrected chi connectivity index (χ1v) is 10.7. The van der Waals surface area contributed by atoms with E-state index < -0.39 is 10.0 Å². The fraction of sp³-hybridized carbons (Fsp3) is 0.0556. The van der Waals surface area contributed by atoms with Crippen molar-refractivity contribution in [2.75, 3.05) is 10.0 Å². The summed E-state index contributed by atoms with van der Waals surface area (Å²) >= 11 is 10.2. The Labute approximate surface area is 177 Å². The van der Waals surface area contributed by atoms with Crippen molar-refractivity contribution in [3.8, 4) is 0 Å². The molecular formula is C18H15ClN6O2S2. The lowest BCUT2D eigenvalue weighted by molar-refractivity contribution is 0.599. The summed E-state index contributed by atoms with van der Waals surface area (Å²) in [5, 5.41) is 11.0. The van der Waals surface area contributed by atoms with Crippen molar-refractivity contribution < 1.29 is 8.42 Å². The van der Waals surface area contributed by atoms with Gasteiger partial charge in [0.05, 0.1) is 11.2 Å². The number of nitrogens with one attached hydrogen (secondary N) is 3. The van der Waals surface area contributed by atoms with Crippen molar-refractivity contribution >= 4 is 62.7 Å². The van der Waals surface area contributed by atoms with Gasteiger partial charge in [-0.3, -0.25) is 4.98 Å². The third-order valence-electron chi connectivity index (χ3n) is 4.14. The predicted octanol–water partition coefficient (Wildman–Crippen LogP) is 4.15. The largest absolute Gasteiger partial charge is 0.324 e. The molecule has 0 radical (unpaired) electrons. The Bertz CT molecular complexity index is 1320. The first kappa shape index (κ1) is 19.5. The number of halogens is 1. The van der Waals surface area contributed by atoms with Crippen LogP contribution in [-0.4, -0.2) is 28.6 Å². The average molecular weight is 447 g/mol. The molecule has 29 heavy (non-hydrogen) atoms. The second-order valence-corrected chi connectivity index (χ2v) is 8.72. The van der Waals surface area contributed by atoms with Gasteiger partial charge < -0.3 is 5.32 Å². The van der Waals surface area contributed by atoms with Crippen molar-refractivity contribution in [2.24, 2.45) is 0 Å². The molecule has 0 atom stereocenters. The number of rotatable bonds is 5. The highest BCUT2D eigenvalue weighted by atomic mass is 35.5. The number of nitrogens with zero attached hydrogens (tertiary/aromatic N) is 3. The summed E-state index contributed by atoms with van der Waals surface area (Å²) < 4.78 is 27.7. The van der Waals surface area contributed by atoms with E-state index in [2.05, 4.69) is 42.8 Å². The van der Waals surface area contributed by atoms with Crippen LogP contribution in [0.2, 0.25) is 5.02 Å². The van der Waals surface area contributed by atoms with Gasteiger partial charge in [-0.15, -0.1) is 17.7 Å². The molecule has 0 saturated heterocycles. The number of anilines is 3. The summed E-state index contributed by atoms with van der Waals surface area (Å²) in [6, 6.07) is 12.3. The van der Waals surface area contributed by atoms with E-state index in [-0.39, 0.29) is 21.7 Å². The zero-order valence-corrected chi connectivity index (χ0v) is 17.5. The van der Waals surface area contributed by atoms with E-state index >= 15 is 0 Å². The van der Waals surface area contributed by atoms with Gasteiger partial charge in [0, 0.05) is 21.5 Å². The highest BCUT2D eigenvalue weighted by molar-refractivity contribution is 7.93. The first-order chi connectivity index (χ1) is 13.8. The van der Waals surface area contributed by atoms with E-state index in [0.717, 1.165) is 16.6 Å². The number of hydrogen-bond acceptors (Lipinski definition) is 7. The first-order valence-electron chi connectivity index (χ1n) is 8.38. The number of pyridine rings is 1. The Kier molecular flexibility index (Phi) is 5.07. The number of H-pyrrole nitrogens is 1. The van der Waals surface area contributed by atoms with Gasteiger partial charge in [0.15, 0.2) is 0 Å². The van der Waals surface area contributed by atoms with Gasteiger partial charge in [0.2, 0.25) is 5.95 Å². The standard InChI is InChI=1S/C18H15ClN6O2S2/c1-10-8-16(15(28)9-12(10)19)29(26,27)25-18-22-17(23-24-18)21-14-6-2-5-13-11(14)4-3-7-20-13/h2-9,28H,1H3,(H3,21,22,23,24,25). The highest BCUT2D eigenvalue weighted by Gasteiger charge is 2.21. The molecule has 0 saturated carbocycles. The molecule has 0 spiro atoms. The third kappa shape index (κ3) is 4.00. The molecule has 2 aromatic heterocycles. The Morgan fingerprint density at radius 3 is 2.83 bits per heavy atom. The number of aromatic nitrogens is 4. The quantitative estimate of drug-likeness (QED) is 0.342. The van der Waals surface area contributed by atoms with Gasteiger partial charge in [0.1, 0.15) is 4.90 Å². The van der Waals surface area contributed by atoms with Crippen LogP contribution >= 0.6 is 24.2 Å². The molecule has 4 aromatic rings. The maximum absolute atomic E-state index is 12.7. The smallest absolute Gasteiger partial charge is 0.265 e. The summed E-state index contributed by atoms with van der Waals surface area (Å²) in [4.78, 5) is 8.67. The van der Waals surface area contributed by atoms with E-state index in [4.69, 9.17) is 11.6 Å². The minimum absolute atomic E-state index is 0.0119. The monoisotopic (exact) mass is 446 g/mol. The van der Waals surface area contributed by atoms with E-state index in [1.807, 2.05) is 30.3 Å². The zero-order chi connectivity index (χ0) is 20.6. The van der Waals surface area contributed by atoms with Crippen LogP contribution in [-0.2, 0) is 10.0 Å². The molecule has 3 N–H and O–H groups in total. The summed E-state index contributed by atoms with van der Waals surface area (Å²) in [6.07, 6.45) is 1.71. The van der Waals surface area contributed by atoms with Gasteiger partial charge in [-0.1, -0.05) is 17.7 Å². The maximum Gasteiger partial charge on any atom is 0.265 e. The molecule has 0 amide bonds. The molecule has 148 valence electrons. The van der Waals surface area contributed by atoms with Crippen LogP contribution in [0.25, 0.3) is 10.9 Å². The SMILES string of the molecule is Cc1cc(S(=O)(=O)Nc2n[nH]c(Nc3cccc4ncccc34)n2)c(S)cc1Cl. The van der Waals surface area contributed by atoms with Crippen LogP contribution in [0.15, 0.2) is 58.5 Å². The number of sulfonamides is 1.